The quantitative estimate of drug-likeness (QED) is 0.643. The molecule has 0 amide bonds. The van der Waals surface area contributed by atoms with E-state index in [1.165, 1.54) is 11.6 Å². The number of aryl methyl sites for hydroxylation is 2. The van der Waals surface area contributed by atoms with Gasteiger partial charge in [-0.05, 0) is 44.5 Å². The van der Waals surface area contributed by atoms with Crippen LogP contribution in [0.3, 0.4) is 0 Å². The van der Waals surface area contributed by atoms with Crippen LogP contribution < -0.4 is 5.43 Å². The molecule has 98 valence electrons. The lowest BCUT2D eigenvalue weighted by Crippen LogP contribution is -2.03. The summed E-state index contributed by atoms with van der Waals surface area (Å²) in [5, 5.41) is 4.25. The third-order valence-electron chi connectivity index (χ3n) is 3.00. The molecular formula is C16H17FN2. The molecule has 0 aliphatic carbocycles. The van der Waals surface area contributed by atoms with Gasteiger partial charge in [-0.1, -0.05) is 29.8 Å². The Hall–Kier alpha value is -2.16. The molecule has 0 atom stereocenters. The molecule has 0 aliphatic heterocycles. The SMILES string of the molecule is C/C(=N\Nc1ccccc1F)c1cc(C)ccc1C. The van der Waals surface area contributed by atoms with E-state index in [4.69, 9.17) is 0 Å². The predicted molar refractivity (Wildman–Crippen MR) is 78.1 cm³/mol. The molecule has 0 bridgehead atoms. The number of rotatable bonds is 3. The molecule has 0 spiro atoms. The molecule has 2 aromatic rings. The maximum absolute atomic E-state index is 13.5. The maximum atomic E-state index is 13.5. The zero-order valence-corrected chi connectivity index (χ0v) is 11.4. The van der Waals surface area contributed by atoms with Crippen LogP contribution in [0.4, 0.5) is 10.1 Å². The first-order valence-electron chi connectivity index (χ1n) is 6.20. The lowest BCUT2D eigenvalue weighted by Gasteiger charge is -2.08. The Morgan fingerprint density at radius 3 is 2.58 bits per heavy atom. The first-order valence-corrected chi connectivity index (χ1v) is 6.20. The van der Waals surface area contributed by atoms with Gasteiger partial charge in [-0.15, -0.1) is 0 Å². The van der Waals surface area contributed by atoms with E-state index in [0.717, 1.165) is 16.8 Å². The van der Waals surface area contributed by atoms with Gasteiger partial charge >= 0.3 is 0 Å². The van der Waals surface area contributed by atoms with Crippen molar-refractivity contribution in [2.45, 2.75) is 20.8 Å². The molecule has 2 nitrogen and oxygen atoms in total. The minimum Gasteiger partial charge on any atom is -0.275 e. The summed E-state index contributed by atoms with van der Waals surface area (Å²) >= 11 is 0. The van der Waals surface area contributed by atoms with Gasteiger partial charge < -0.3 is 0 Å². The van der Waals surface area contributed by atoms with Gasteiger partial charge in [-0.3, -0.25) is 5.43 Å². The van der Waals surface area contributed by atoms with E-state index in [9.17, 15) is 4.39 Å². The summed E-state index contributed by atoms with van der Waals surface area (Å²) in [6.07, 6.45) is 0. The molecule has 2 aromatic carbocycles. The standard InChI is InChI=1S/C16H17FN2/c1-11-8-9-12(2)14(10-11)13(3)18-19-16-7-5-4-6-15(16)17/h4-10,19H,1-3H3/b18-13+. The van der Waals surface area contributed by atoms with Crippen molar-refractivity contribution in [3.63, 3.8) is 0 Å². The molecule has 0 saturated heterocycles. The lowest BCUT2D eigenvalue weighted by atomic mass is 10.0. The Morgan fingerprint density at radius 1 is 1.11 bits per heavy atom. The number of nitrogens with one attached hydrogen (secondary N) is 1. The zero-order valence-electron chi connectivity index (χ0n) is 11.4. The van der Waals surface area contributed by atoms with Crippen molar-refractivity contribution >= 4 is 11.4 Å². The van der Waals surface area contributed by atoms with Crippen molar-refractivity contribution in [3.8, 4) is 0 Å². The number of anilines is 1. The van der Waals surface area contributed by atoms with Crippen LogP contribution in [0.15, 0.2) is 47.6 Å². The Kier molecular flexibility index (Phi) is 3.95. The topological polar surface area (TPSA) is 24.4 Å². The molecule has 0 radical (unpaired) electrons. The normalized spacial score (nSPS) is 11.5. The molecule has 0 fully saturated rings. The number of hydrazone groups is 1. The minimum atomic E-state index is -0.306. The number of para-hydroxylation sites is 1. The second-order valence-electron chi connectivity index (χ2n) is 4.61. The molecule has 1 N–H and O–H groups in total. The van der Waals surface area contributed by atoms with Gasteiger partial charge in [0.05, 0.1) is 11.4 Å². The summed E-state index contributed by atoms with van der Waals surface area (Å²) in [5.41, 5.74) is 7.40. The van der Waals surface area contributed by atoms with E-state index in [-0.39, 0.29) is 5.82 Å². The minimum absolute atomic E-state index is 0.306. The van der Waals surface area contributed by atoms with Crippen molar-refractivity contribution in [1.82, 2.24) is 0 Å². The fourth-order valence-corrected chi connectivity index (χ4v) is 1.88. The van der Waals surface area contributed by atoms with E-state index >= 15 is 0 Å². The maximum Gasteiger partial charge on any atom is 0.148 e. The third-order valence-corrected chi connectivity index (χ3v) is 3.00. The summed E-state index contributed by atoms with van der Waals surface area (Å²) in [4.78, 5) is 0. The van der Waals surface area contributed by atoms with Gasteiger partial charge in [-0.2, -0.15) is 5.10 Å². The molecule has 0 aromatic heterocycles. The zero-order chi connectivity index (χ0) is 13.8. The average molecular weight is 256 g/mol. The first kappa shape index (κ1) is 13.3. The van der Waals surface area contributed by atoms with Crippen LogP contribution in [0.2, 0.25) is 0 Å². The predicted octanol–water partition coefficient (Wildman–Crippen LogP) is 4.28. The van der Waals surface area contributed by atoms with Crippen molar-refractivity contribution in [1.29, 1.82) is 0 Å². The molecule has 0 unspecified atom stereocenters. The second-order valence-corrected chi connectivity index (χ2v) is 4.61. The molecule has 0 aliphatic rings. The Labute approximate surface area is 113 Å². The van der Waals surface area contributed by atoms with Crippen LogP contribution in [0.1, 0.15) is 23.6 Å². The number of benzene rings is 2. The Balaban J connectivity index is 2.24. The molecule has 19 heavy (non-hydrogen) atoms. The Morgan fingerprint density at radius 2 is 1.84 bits per heavy atom. The van der Waals surface area contributed by atoms with E-state index in [1.54, 1.807) is 18.2 Å². The number of halogens is 1. The Bertz CT molecular complexity index is 618. The van der Waals surface area contributed by atoms with Crippen LogP contribution >= 0.6 is 0 Å². The molecule has 2 rings (SSSR count). The lowest BCUT2D eigenvalue weighted by molar-refractivity contribution is 0.630. The molecular weight excluding hydrogens is 239 g/mol. The number of hydrogen-bond donors (Lipinski definition) is 1. The highest BCUT2D eigenvalue weighted by Crippen LogP contribution is 2.15. The summed E-state index contributed by atoms with van der Waals surface area (Å²) in [6.45, 7) is 5.99. The van der Waals surface area contributed by atoms with E-state index in [2.05, 4.69) is 28.7 Å². The van der Waals surface area contributed by atoms with Gasteiger partial charge in [0.15, 0.2) is 0 Å². The van der Waals surface area contributed by atoms with E-state index in [0.29, 0.717) is 5.69 Å². The number of nitrogens with zero attached hydrogens (tertiary/aromatic N) is 1. The molecule has 3 heteroatoms. The highest BCUT2D eigenvalue weighted by molar-refractivity contribution is 6.00. The summed E-state index contributed by atoms with van der Waals surface area (Å²) < 4.78 is 13.5. The van der Waals surface area contributed by atoms with Gasteiger partial charge in [-0.25, -0.2) is 4.39 Å². The fourth-order valence-electron chi connectivity index (χ4n) is 1.88. The van der Waals surface area contributed by atoms with Crippen LogP contribution in [0, 0.1) is 19.7 Å². The molecule has 0 saturated carbocycles. The van der Waals surface area contributed by atoms with E-state index < -0.39 is 0 Å². The fraction of sp³-hybridized carbons (Fsp3) is 0.188. The second kappa shape index (κ2) is 5.65. The van der Waals surface area contributed by atoms with Crippen LogP contribution in [-0.2, 0) is 0 Å². The molecule has 0 heterocycles. The van der Waals surface area contributed by atoms with Crippen LogP contribution in [-0.4, -0.2) is 5.71 Å². The highest BCUT2D eigenvalue weighted by atomic mass is 19.1. The van der Waals surface area contributed by atoms with Crippen molar-refractivity contribution < 1.29 is 4.39 Å². The van der Waals surface area contributed by atoms with Gasteiger partial charge in [0, 0.05) is 5.56 Å². The summed E-state index contributed by atoms with van der Waals surface area (Å²) in [6, 6.07) is 12.7. The van der Waals surface area contributed by atoms with Gasteiger partial charge in [0.25, 0.3) is 0 Å². The highest BCUT2D eigenvalue weighted by Gasteiger charge is 2.03. The van der Waals surface area contributed by atoms with Gasteiger partial charge in [0.2, 0.25) is 0 Å². The third kappa shape index (κ3) is 3.19. The van der Waals surface area contributed by atoms with Gasteiger partial charge in [0.1, 0.15) is 5.82 Å². The largest absolute Gasteiger partial charge is 0.275 e. The van der Waals surface area contributed by atoms with Crippen molar-refractivity contribution in [2.75, 3.05) is 5.43 Å². The van der Waals surface area contributed by atoms with E-state index in [1.807, 2.05) is 20.8 Å². The average Bonchev–Trinajstić information content (AvgIpc) is 2.40. The van der Waals surface area contributed by atoms with Crippen molar-refractivity contribution in [3.05, 3.63) is 65.0 Å². The van der Waals surface area contributed by atoms with Crippen molar-refractivity contribution in [2.24, 2.45) is 5.10 Å². The summed E-state index contributed by atoms with van der Waals surface area (Å²) in [7, 11) is 0. The van der Waals surface area contributed by atoms with Crippen LogP contribution in [0.5, 0.6) is 0 Å². The summed E-state index contributed by atoms with van der Waals surface area (Å²) in [5.74, 6) is -0.306. The smallest absolute Gasteiger partial charge is 0.148 e. The monoisotopic (exact) mass is 256 g/mol. The number of hydrogen-bond acceptors (Lipinski definition) is 2. The van der Waals surface area contributed by atoms with Crippen LogP contribution in [0.25, 0.3) is 0 Å². The first-order chi connectivity index (χ1) is 9.08.